The summed E-state index contributed by atoms with van der Waals surface area (Å²) in [4.78, 5) is 15.5. The first-order valence-electron chi connectivity index (χ1n) is 10.7. The number of fused-ring (bicyclic) bond motifs is 1. The third-order valence-corrected chi connectivity index (χ3v) is 6.50. The zero-order valence-electron chi connectivity index (χ0n) is 18.6. The number of rotatable bonds is 7. The van der Waals surface area contributed by atoms with E-state index in [1.54, 1.807) is 25.3 Å². The summed E-state index contributed by atoms with van der Waals surface area (Å²) < 4.78 is 16.9. The molecule has 1 saturated heterocycles. The minimum atomic E-state index is 0.116. The van der Waals surface area contributed by atoms with Crippen LogP contribution in [0.4, 0.5) is 11.5 Å². The Morgan fingerprint density at radius 2 is 2.03 bits per heavy atom. The summed E-state index contributed by atoms with van der Waals surface area (Å²) in [5.41, 5.74) is 1.42. The maximum atomic E-state index is 6.14. The number of methoxy groups -OCH3 is 1. The average molecular weight is 501 g/mol. The van der Waals surface area contributed by atoms with Crippen LogP contribution in [0.25, 0.3) is 10.9 Å². The molecule has 2 aromatic heterocycles. The minimum absolute atomic E-state index is 0.116. The summed E-state index contributed by atoms with van der Waals surface area (Å²) in [6.07, 6.45) is 3.62. The Labute approximate surface area is 206 Å². The van der Waals surface area contributed by atoms with Crippen LogP contribution < -0.4 is 14.8 Å². The lowest BCUT2D eigenvalue weighted by Gasteiger charge is -2.14. The average Bonchev–Trinajstić information content (AvgIpc) is 3.48. The number of nitrogens with one attached hydrogen (secondary N) is 1. The fraction of sp³-hybridized carbons (Fsp3) is 0.304. The van der Waals surface area contributed by atoms with Crippen molar-refractivity contribution in [1.29, 1.82) is 0 Å². The highest BCUT2D eigenvalue weighted by Crippen LogP contribution is 2.36. The van der Waals surface area contributed by atoms with Crippen molar-refractivity contribution in [3.05, 3.63) is 58.4 Å². The lowest BCUT2D eigenvalue weighted by atomic mass is 10.2. The smallest absolute Gasteiger partial charge is 0.264 e. The molecule has 9 nitrogen and oxygen atoms in total. The molecule has 1 aliphatic rings. The number of ether oxygens (including phenoxy) is 2. The summed E-state index contributed by atoms with van der Waals surface area (Å²) in [5, 5.41) is 9.06. The molecule has 5 rings (SSSR count). The first-order valence-corrected chi connectivity index (χ1v) is 11.5. The minimum Gasteiger partial charge on any atom is -0.493 e. The van der Waals surface area contributed by atoms with Gasteiger partial charge in [-0.15, -0.1) is 0 Å². The molecule has 2 aromatic carbocycles. The first kappa shape index (κ1) is 22.6. The molecular weight excluding hydrogens is 479 g/mol. The Balaban J connectivity index is 1.37. The van der Waals surface area contributed by atoms with Crippen LogP contribution in [0.2, 0.25) is 10.0 Å². The van der Waals surface area contributed by atoms with Crippen LogP contribution in [0.1, 0.15) is 30.6 Å². The molecule has 1 unspecified atom stereocenters. The van der Waals surface area contributed by atoms with Gasteiger partial charge in [-0.1, -0.05) is 28.4 Å². The standard InChI is InChI=1S/C23H22Cl2N6O3/c1-31-7-3-4-18(31)23-29-21(34-30-23)11-33-20-10-17-14(9-19(20)32-2)22(27-12-26-17)28-13-5-6-15(24)16(25)8-13/h5-6,8-10,12,18H,3-4,7,11H2,1-2H3,(H,26,27,28). The predicted molar refractivity (Wildman–Crippen MR) is 129 cm³/mol. The molecule has 176 valence electrons. The molecule has 34 heavy (non-hydrogen) atoms. The predicted octanol–water partition coefficient (Wildman–Crippen LogP) is 5.42. The maximum Gasteiger partial charge on any atom is 0.264 e. The fourth-order valence-electron chi connectivity index (χ4n) is 3.98. The lowest BCUT2D eigenvalue weighted by Crippen LogP contribution is -2.18. The van der Waals surface area contributed by atoms with E-state index < -0.39 is 0 Å². The van der Waals surface area contributed by atoms with E-state index in [4.69, 9.17) is 37.2 Å². The highest BCUT2D eigenvalue weighted by Gasteiger charge is 2.27. The van der Waals surface area contributed by atoms with E-state index in [1.807, 2.05) is 12.1 Å². The van der Waals surface area contributed by atoms with E-state index in [-0.39, 0.29) is 12.6 Å². The van der Waals surface area contributed by atoms with Gasteiger partial charge in [0.05, 0.1) is 28.7 Å². The third-order valence-electron chi connectivity index (χ3n) is 5.76. The largest absolute Gasteiger partial charge is 0.493 e. The summed E-state index contributed by atoms with van der Waals surface area (Å²) in [5.74, 6) is 2.72. The van der Waals surface area contributed by atoms with Crippen molar-refractivity contribution in [2.45, 2.75) is 25.5 Å². The number of hydrogen-bond acceptors (Lipinski definition) is 9. The van der Waals surface area contributed by atoms with Gasteiger partial charge in [0.15, 0.2) is 23.9 Å². The Morgan fingerprint density at radius 3 is 2.79 bits per heavy atom. The van der Waals surface area contributed by atoms with E-state index >= 15 is 0 Å². The van der Waals surface area contributed by atoms with Crippen LogP contribution in [-0.2, 0) is 6.61 Å². The van der Waals surface area contributed by atoms with Crippen LogP contribution in [0.5, 0.6) is 11.5 Å². The van der Waals surface area contributed by atoms with Crippen molar-refractivity contribution in [3.8, 4) is 11.5 Å². The molecule has 0 spiro atoms. The normalized spacial score (nSPS) is 16.2. The van der Waals surface area contributed by atoms with Crippen LogP contribution in [0, 0.1) is 0 Å². The van der Waals surface area contributed by atoms with Crippen LogP contribution in [0.15, 0.2) is 41.2 Å². The molecule has 0 bridgehead atoms. The van der Waals surface area contributed by atoms with Crippen molar-refractivity contribution in [2.24, 2.45) is 0 Å². The Hall–Kier alpha value is -3.14. The molecule has 1 fully saturated rings. The van der Waals surface area contributed by atoms with Gasteiger partial charge >= 0.3 is 0 Å². The van der Waals surface area contributed by atoms with Gasteiger partial charge in [0, 0.05) is 17.1 Å². The third kappa shape index (κ3) is 4.59. The highest BCUT2D eigenvalue weighted by molar-refractivity contribution is 6.42. The van der Waals surface area contributed by atoms with Gasteiger partial charge in [0.2, 0.25) is 0 Å². The van der Waals surface area contributed by atoms with Crippen molar-refractivity contribution < 1.29 is 14.0 Å². The molecule has 1 N–H and O–H groups in total. The van der Waals surface area contributed by atoms with Crippen molar-refractivity contribution >= 4 is 45.6 Å². The Kier molecular flexibility index (Phi) is 6.40. The lowest BCUT2D eigenvalue weighted by molar-refractivity contribution is 0.232. The van der Waals surface area contributed by atoms with Crippen LogP contribution in [-0.4, -0.2) is 45.7 Å². The quantitative estimate of drug-likeness (QED) is 0.356. The molecule has 1 atom stereocenters. The number of benzene rings is 2. The molecule has 0 saturated carbocycles. The summed E-state index contributed by atoms with van der Waals surface area (Å²) in [7, 11) is 3.64. The van der Waals surface area contributed by atoms with Gasteiger partial charge in [-0.25, -0.2) is 9.97 Å². The molecule has 1 aliphatic heterocycles. The SMILES string of the molecule is COc1cc2c(Nc3ccc(Cl)c(Cl)c3)ncnc2cc1OCc1nc(C2CCCN2C)no1. The van der Waals surface area contributed by atoms with Crippen molar-refractivity contribution in [2.75, 3.05) is 26.0 Å². The monoisotopic (exact) mass is 500 g/mol. The zero-order valence-corrected chi connectivity index (χ0v) is 20.1. The van der Waals surface area contributed by atoms with Gasteiger partial charge in [-0.2, -0.15) is 4.98 Å². The summed E-state index contributed by atoms with van der Waals surface area (Å²) in [6.45, 7) is 1.15. The van der Waals surface area contributed by atoms with Crippen molar-refractivity contribution in [3.63, 3.8) is 0 Å². The van der Waals surface area contributed by atoms with Crippen LogP contribution in [0.3, 0.4) is 0 Å². The van der Waals surface area contributed by atoms with Gasteiger partial charge in [0.1, 0.15) is 12.1 Å². The number of halogens is 2. The Morgan fingerprint density at radius 1 is 1.15 bits per heavy atom. The zero-order chi connectivity index (χ0) is 23.7. The number of aromatic nitrogens is 4. The van der Waals surface area contributed by atoms with Gasteiger partial charge in [0.25, 0.3) is 5.89 Å². The van der Waals surface area contributed by atoms with E-state index in [1.165, 1.54) is 6.33 Å². The maximum absolute atomic E-state index is 6.14. The number of hydrogen-bond donors (Lipinski definition) is 1. The second-order valence-electron chi connectivity index (χ2n) is 7.97. The summed E-state index contributed by atoms with van der Waals surface area (Å²) >= 11 is 12.2. The molecule has 0 radical (unpaired) electrons. The molecule has 11 heteroatoms. The number of likely N-dealkylation sites (tertiary alicyclic amines) is 1. The highest BCUT2D eigenvalue weighted by atomic mass is 35.5. The fourth-order valence-corrected chi connectivity index (χ4v) is 4.28. The number of anilines is 2. The Bertz CT molecular complexity index is 1330. The molecular formula is C23H22Cl2N6O3. The topological polar surface area (TPSA) is 98.4 Å². The van der Waals surface area contributed by atoms with E-state index in [0.717, 1.165) is 30.5 Å². The van der Waals surface area contributed by atoms with E-state index in [2.05, 4.69) is 37.4 Å². The molecule has 0 amide bonds. The van der Waals surface area contributed by atoms with Crippen LogP contribution >= 0.6 is 23.2 Å². The molecule has 0 aliphatic carbocycles. The number of nitrogens with zero attached hydrogens (tertiary/aromatic N) is 5. The van der Waals surface area contributed by atoms with Gasteiger partial charge < -0.3 is 19.3 Å². The first-order chi connectivity index (χ1) is 16.5. The second kappa shape index (κ2) is 9.61. The molecule has 4 aromatic rings. The summed E-state index contributed by atoms with van der Waals surface area (Å²) in [6, 6.07) is 9.06. The molecule has 3 heterocycles. The van der Waals surface area contributed by atoms with E-state index in [9.17, 15) is 0 Å². The van der Waals surface area contributed by atoms with Gasteiger partial charge in [-0.05, 0) is 50.7 Å². The van der Waals surface area contributed by atoms with Gasteiger partial charge in [-0.3, -0.25) is 4.90 Å². The van der Waals surface area contributed by atoms with E-state index in [0.29, 0.717) is 44.6 Å². The second-order valence-corrected chi connectivity index (χ2v) is 8.78. The van der Waals surface area contributed by atoms with Crippen molar-refractivity contribution in [1.82, 2.24) is 25.0 Å².